The van der Waals surface area contributed by atoms with Crippen LogP contribution in [0.15, 0.2) is 18.2 Å². The fraction of sp³-hybridized carbons (Fsp3) is 0.600. The van der Waals surface area contributed by atoms with Crippen LogP contribution in [0.5, 0.6) is 0 Å². The predicted molar refractivity (Wildman–Crippen MR) is 79.0 cm³/mol. The number of nitrogens with one attached hydrogen (secondary N) is 1. The molecule has 0 fully saturated rings. The van der Waals surface area contributed by atoms with E-state index in [1.807, 2.05) is 0 Å². The first-order valence-electron chi connectivity index (χ1n) is 7.17. The van der Waals surface area contributed by atoms with Gasteiger partial charge in [-0.3, -0.25) is 0 Å². The minimum absolute atomic E-state index is 0.0387. The number of rotatable bonds is 8. The topological polar surface area (TPSA) is 64.1 Å². The van der Waals surface area contributed by atoms with E-state index >= 15 is 0 Å². The summed E-state index contributed by atoms with van der Waals surface area (Å²) in [6, 6.07) is 4.20. The summed E-state index contributed by atoms with van der Waals surface area (Å²) in [7, 11) is 0. The van der Waals surface area contributed by atoms with Crippen LogP contribution in [-0.2, 0) is 12.6 Å². The molecular formula is C15H24F3N3. The van der Waals surface area contributed by atoms with E-state index in [0.717, 1.165) is 12.8 Å². The Morgan fingerprint density at radius 2 is 1.95 bits per heavy atom. The lowest BCUT2D eigenvalue weighted by atomic mass is 10.0. The van der Waals surface area contributed by atoms with Crippen LogP contribution >= 0.6 is 0 Å². The van der Waals surface area contributed by atoms with E-state index in [9.17, 15) is 13.2 Å². The van der Waals surface area contributed by atoms with Gasteiger partial charge < -0.3 is 16.8 Å². The van der Waals surface area contributed by atoms with Gasteiger partial charge in [0.2, 0.25) is 0 Å². The van der Waals surface area contributed by atoms with Gasteiger partial charge in [-0.05, 0) is 57.0 Å². The molecule has 0 saturated carbocycles. The number of alkyl halides is 3. The van der Waals surface area contributed by atoms with Crippen molar-refractivity contribution in [2.24, 2.45) is 11.5 Å². The zero-order chi connectivity index (χ0) is 15.9. The fourth-order valence-electron chi connectivity index (χ4n) is 2.17. The second kappa shape index (κ2) is 8.36. The van der Waals surface area contributed by atoms with Gasteiger partial charge in [-0.15, -0.1) is 0 Å². The Kier molecular flexibility index (Phi) is 7.14. The van der Waals surface area contributed by atoms with Crippen molar-refractivity contribution in [1.29, 1.82) is 0 Å². The van der Waals surface area contributed by atoms with Crippen molar-refractivity contribution in [2.45, 2.75) is 38.4 Å². The number of aryl methyl sites for hydroxylation is 1. The minimum Gasteiger partial charge on any atom is -0.330 e. The first-order chi connectivity index (χ1) is 9.82. The third-order valence-corrected chi connectivity index (χ3v) is 3.24. The molecule has 0 saturated heterocycles. The van der Waals surface area contributed by atoms with Crippen molar-refractivity contribution in [2.75, 3.05) is 19.6 Å². The van der Waals surface area contributed by atoms with E-state index in [2.05, 4.69) is 5.32 Å². The Hall–Kier alpha value is -1.11. The molecule has 1 aromatic rings. The van der Waals surface area contributed by atoms with Crippen LogP contribution in [0.3, 0.4) is 0 Å². The van der Waals surface area contributed by atoms with E-state index in [1.54, 1.807) is 13.0 Å². The van der Waals surface area contributed by atoms with Crippen molar-refractivity contribution in [3.63, 3.8) is 0 Å². The van der Waals surface area contributed by atoms with Crippen LogP contribution in [0.25, 0.3) is 0 Å². The molecule has 0 aliphatic rings. The zero-order valence-corrected chi connectivity index (χ0v) is 12.3. The van der Waals surface area contributed by atoms with Gasteiger partial charge in [0, 0.05) is 12.6 Å². The Balaban J connectivity index is 2.44. The van der Waals surface area contributed by atoms with Gasteiger partial charge in [0.15, 0.2) is 0 Å². The molecule has 0 aliphatic heterocycles. The van der Waals surface area contributed by atoms with Gasteiger partial charge in [-0.1, -0.05) is 11.6 Å². The van der Waals surface area contributed by atoms with Crippen LogP contribution in [-0.4, -0.2) is 25.7 Å². The lowest BCUT2D eigenvalue weighted by Crippen LogP contribution is -2.35. The van der Waals surface area contributed by atoms with Crippen molar-refractivity contribution >= 4 is 0 Å². The summed E-state index contributed by atoms with van der Waals surface area (Å²) in [6.07, 6.45) is -2.00. The molecule has 0 aromatic heterocycles. The highest BCUT2D eigenvalue weighted by Gasteiger charge is 2.30. The van der Waals surface area contributed by atoms with E-state index in [1.165, 1.54) is 12.1 Å². The monoisotopic (exact) mass is 303 g/mol. The van der Waals surface area contributed by atoms with Crippen LogP contribution in [0.4, 0.5) is 13.2 Å². The van der Waals surface area contributed by atoms with Gasteiger partial charge in [0.05, 0.1) is 5.56 Å². The second-order valence-electron chi connectivity index (χ2n) is 5.35. The Labute approximate surface area is 123 Å². The number of benzene rings is 1. The molecule has 0 unspecified atom stereocenters. The van der Waals surface area contributed by atoms with Gasteiger partial charge in [-0.2, -0.15) is 13.2 Å². The smallest absolute Gasteiger partial charge is 0.330 e. The maximum Gasteiger partial charge on any atom is 0.416 e. The Morgan fingerprint density at radius 3 is 2.57 bits per heavy atom. The maximum atomic E-state index is 12.7. The summed E-state index contributed by atoms with van der Waals surface area (Å²) in [5.41, 5.74) is 12.0. The quantitative estimate of drug-likeness (QED) is 0.645. The highest BCUT2D eigenvalue weighted by atomic mass is 19.4. The molecule has 1 rings (SSSR count). The summed E-state index contributed by atoms with van der Waals surface area (Å²) in [6.45, 7) is 3.56. The van der Waals surface area contributed by atoms with Crippen LogP contribution in [0.1, 0.15) is 29.5 Å². The van der Waals surface area contributed by atoms with Crippen LogP contribution < -0.4 is 16.8 Å². The number of hydrogen-bond donors (Lipinski definition) is 3. The molecule has 5 N–H and O–H groups in total. The van der Waals surface area contributed by atoms with Crippen molar-refractivity contribution < 1.29 is 13.2 Å². The molecule has 3 nitrogen and oxygen atoms in total. The third-order valence-electron chi connectivity index (χ3n) is 3.24. The Bertz CT molecular complexity index is 433. The zero-order valence-electron chi connectivity index (χ0n) is 12.3. The first-order valence-corrected chi connectivity index (χ1v) is 7.17. The number of halogens is 3. The summed E-state index contributed by atoms with van der Waals surface area (Å²) < 4.78 is 38.2. The molecule has 1 aromatic carbocycles. The maximum absolute atomic E-state index is 12.7. The van der Waals surface area contributed by atoms with Crippen molar-refractivity contribution in [1.82, 2.24) is 5.32 Å². The summed E-state index contributed by atoms with van der Waals surface area (Å²) in [4.78, 5) is 0. The lowest BCUT2D eigenvalue weighted by molar-refractivity contribution is -0.137. The van der Waals surface area contributed by atoms with Gasteiger partial charge in [0.25, 0.3) is 0 Å². The predicted octanol–water partition coefficient (Wildman–Crippen LogP) is 2.21. The first kappa shape index (κ1) is 17.9. The highest BCUT2D eigenvalue weighted by Crippen LogP contribution is 2.30. The number of nitrogens with two attached hydrogens (primary N) is 2. The second-order valence-corrected chi connectivity index (χ2v) is 5.35. The highest BCUT2D eigenvalue weighted by molar-refractivity contribution is 5.31. The van der Waals surface area contributed by atoms with Gasteiger partial charge in [-0.25, -0.2) is 0 Å². The fourth-order valence-corrected chi connectivity index (χ4v) is 2.17. The Morgan fingerprint density at radius 1 is 1.24 bits per heavy atom. The van der Waals surface area contributed by atoms with Crippen molar-refractivity contribution in [3.8, 4) is 0 Å². The minimum atomic E-state index is -4.29. The summed E-state index contributed by atoms with van der Waals surface area (Å²) >= 11 is 0. The molecule has 0 aliphatic carbocycles. The largest absolute Gasteiger partial charge is 0.416 e. The summed E-state index contributed by atoms with van der Waals surface area (Å²) in [5, 5.41) is 3.17. The molecule has 120 valence electrons. The molecule has 0 amide bonds. The average molecular weight is 303 g/mol. The van der Waals surface area contributed by atoms with Crippen molar-refractivity contribution in [3.05, 3.63) is 34.9 Å². The lowest BCUT2D eigenvalue weighted by Gasteiger charge is -2.13. The van der Waals surface area contributed by atoms with E-state index in [4.69, 9.17) is 11.5 Å². The van der Waals surface area contributed by atoms with Gasteiger partial charge in [0.1, 0.15) is 0 Å². The SMILES string of the molecule is Cc1cc(CCNC[C@@H](N)CCCN)cc(C(F)(F)F)c1. The van der Waals surface area contributed by atoms with E-state index in [0.29, 0.717) is 37.2 Å². The summed E-state index contributed by atoms with van der Waals surface area (Å²) in [5.74, 6) is 0. The van der Waals surface area contributed by atoms with E-state index in [-0.39, 0.29) is 6.04 Å². The third kappa shape index (κ3) is 6.93. The molecule has 0 spiro atoms. The van der Waals surface area contributed by atoms with Crippen LogP contribution in [0.2, 0.25) is 0 Å². The molecule has 21 heavy (non-hydrogen) atoms. The number of hydrogen-bond acceptors (Lipinski definition) is 3. The van der Waals surface area contributed by atoms with Gasteiger partial charge >= 0.3 is 6.18 Å². The van der Waals surface area contributed by atoms with Crippen LogP contribution in [0, 0.1) is 6.92 Å². The molecule has 0 radical (unpaired) electrons. The molecule has 6 heteroatoms. The molecule has 0 heterocycles. The standard InChI is InChI=1S/C15H24F3N3/c1-11-7-12(9-13(8-11)15(16,17)18)4-6-21-10-14(20)3-2-5-19/h7-9,14,21H,2-6,10,19-20H2,1H3/t14-/m0/s1. The molecular weight excluding hydrogens is 279 g/mol. The molecule has 1 atom stereocenters. The average Bonchev–Trinajstić information content (AvgIpc) is 2.40. The van der Waals surface area contributed by atoms with E-state index < -0.39 is 11.7 Å². The molecule has 0 bridgehead atoms. The normalized spacial score (nSPS) is 13.4.